The Bertz CT molecular complexity index is 967. The molecule has 0 spiro atoms. The molecule has 0 saturated carbocycles. The third-order valence-electron chi connectivity index (χ3n) is 3.68. The summed E-state index contributed by atoms with van der Waals surface area (Å²) in [6.45, 7) is 0. The molecule has 0 amide bonds. The van der Waals surface area contributed by atoms with Crippen LogP contribution in [-0.2, 0) is 0 Å². The number of aromatic nitrogens is 2. The summed E-state index contributed by atoms with van der Waals surface area (Å²) in [5.74, 6) is 0.655. The van der Waals surface area contributed by atoms with Gasteiger partial charge in [0.05, 0.1) is 4.47 Å². The van der Waals surface area contributed by atoms with Gasteiger partial charge in [-0.25, -0.2) is 4.98 Å². The first-order valence-electron chi connectivity index (χ1n) is 6.66. The van der Waals surface area contributed by atoms with Crippen LogP contribution in [0.2, 0.25) is 0 Å². The van der Waals surface area contributed by atoms with Gasteiger partial charge in [-0.05, 0) is 38.8 Å². The highest BCUT2D eigenvalue weighted by atomic mass is 79.9. The smallest absolute Gasteiger partial charge is 0.153 e. The quantitative estimate of drug-likeness (QED) is 0.555. The molecule has 102 valence electrons. The van der Waals surface area contributed by atoms with E-state index in [4.69, 9.17) is 10.7 Å². The van der Waals surface area contributed by atoms with Gasteiger partial charge < -0.3 is 5.73 Å². The molecule has 3 nitrogen and oxygen atoms in total. The monoisotopic (exact) mass is 337 g/mol. The van der Waals surface area contributed by atoms with Gasteiger partial charge >= 0.3 is 0 Å². The van der Waals surface area contributed by atoms with E-state index < -0.39 is 0 Å². The summed E-state index contributed by atoms with van der Waals surface area (Å²) < 4.78 is 2.84. The number of imidazole rings is 1. The van der Waals surface area contributed by atoms with Crippen LogP contribution in [-0.4, -0.2) is 9.38 Å². The molecule has 4 aromatic rings. The zero-order valence-electron chi connectivity index (χ0n) is 11.1. The van der Waals surface area contributed by atoms with Crippen LogP contribution < -0.4 is 5.73 Å². The Morgan fingerprint density at radius 3 is 2.62 bits per heavy atom. The molecule has 0 saturated heterocycles. The van der Waals surface area contributed by atoms with Crippen molar-refractivity contribution in [1.82, 2.24) is 9.38 Å². The standard InChI is InChI=1S/C17H12BrN3/c18-14-9-4-10-21-16(19)15(20-17(14)21)13-8-3-6-11-5-1-2-7-12(11)13/h1-10H,19H2. The van der Waals surface area contributed by atoms with Gasteiger partial charge in [-0.2, -0.15) is 0 Å². The molecular weight excluding hydrogens is 326 g/mol. The summed E-state index contributed by atoms with van der Waals surface area (Å²) in [7, 11) is 0. The summed E-state index contributed by atoms with van der Waals surface area (Å²) in [5, 5.41) is 2.34. The van der Waals surface area contributed by atoms with Gasteiger partial charge in [-0.1, -0.05) is 42.5 Å². The zero-order chi connectivity index (χ0) is 14.4. The van der Waals surface area contributed by atoms with Gasteiger partial charge in [0.25, 0.3) is 0 Å². The fourth-order valence-corrected chi connectivity index (χ4v) is 3.12. The van der Waals surface area contributed by atoms with Gasteiger partial charge in [0.15, 0.2) is 5.65 Å². The van der Waals surface area contributed by atoms with Gasteiger partial charge in [-0.15, -0.1) is 0 Å². The number of anilines is 1. The van der Waals surface area contributed by atoms with E-state index in [1.807, 2.05) is 40.9 Å². The summed E-state index contributed by atoms with van der Waals surface area (Å²) in [5.41, 5.74) is 9.02. The first kappa shape index (κ1) is 12.4. The van der Waals surface area contributed by atoms with Crippen LogP contribution in [0.15, 0.2) is 65.3 Å². The van der Waals surface area contributed by atoms with Crippen molar-refractivity contribution in [2.75, 3.05) is 5.73 Å². The molecule has 0 bridgehead atoms. The lowest BCUT2D eigenvalue weighted by Gasteiger charge is -2.04. The summed E-state index contributed by atoms with van der Waals surface area (Å²) in [6.07, 6.45) is 1.93. The minimum atomic E-state index is 0.655. The van der Waals surface area contributed by atoms with Crippen molar-refractivity contribution in [3.63, 3.8) is 0 Å². The van der Waals surface area contributed by atoms with Crippen LogP contribution in [0.25, 0.3) is 27.7 Å². The second-order valence-corrected chi connectivity index (χ2v) is 5.78. The average molecular weight is 338 g/mol. The van der Waals surface area contributed by atoms with Gasteiger partial charge in [0.1, 0.15) is 11.5 Å². The fraction of sp³-hybridized carbons (Fsp3) is 0. The molecule has 2 N–H and O–H groups in total. The van der Waals surface area contributed by atoms with Crippen LogP contribution in [0.3, 0.4) is 0 Å². The van der Waals surface area contributed by atoms with Crippen molar-refractivity contribution in [2.24, 2.45) is 0 Å². The number of pyridine rings is 1. The number of nitrogen functional groups attached to an aromatic ring is 1. The lowest BCUT2D eigenvalue weighted by Crippen LogP contribution is -1.94. The minimum absolute atomic E-state index is 0.655. The number of nitrogens with zero attached hydrogens (tertiary/aromatic N) is 2. The highest BCUT2D eigenvalue weighted by Crippen LogP contribution is 2.33. The Balaban J connectivity index is 2.10. The number of hydrogen-bond donors (Lipinski definition) is 1. The SMILES string of the molecule is Nc1c(-c2cccc3ccccc23)nc2c(Br)cccn12. The molecule has 0 aliphatic rings. The van der Waals surface area contributed by atoms with Crippen molar-refractivity contribution in [2.45, 2.75) is 0 Å². The molecule has 2 aromatic carbocycles. The van der Waals surface area contributed by atoms with Crippen molar-refractivity contribution in [3.05, 3.63) is 65.3 Å². The molecule has 21 heavy (non-hydrogen) atoms. The number of fused-ring (bicyclic) bond motifs is 2. The van der Waals surface area contributed by atoms with E-state index in [-0.39, 0.29) is 0 Å². The van der Waals surface area contributed by atoms with E-state index in [0.717, 1.165) is 26.8 Å². The van der Waals surface area contributed by atoms with Crippen molar-refractivity contribution in [1.29, 1.82) is 0 Å². The third-order valence-corrected chi connectivity index (χ3v) is 4.30. The molecular formula is C17H12BrN3. The van der Waals surface area contributed by atoms with Crippen LogP contribution in [0.5, 0.6) is 0 Å². The number of nitrogens with two attached hydrogens (primary N) is 1. The second-order valence-electron chi connectivity index (χ2n) is 4.92. The molecule has 0 aliphatic heterocycles. The summed E-state index contributed by atoms with van der Waals surface area (Å²) in [6, 6.07) is 18.4. The Labute approximate surface area is 130 Å². The maximum Gasteiger partial charge on any atom is 0.153 e. The Hall–Kier alpha value is -2.33. The first-order chi connectivity index (χ1) is 10.3. The van der Waals surface area contributed by atoms with Gasteiger partial charge in [0, 0.05) is 11.8 Å². The fourth-order valence-electron chi connectivity index (χ4n) is 2.68. The molecule has 2 aromatic heterocycles. The number of benzene rings is 2. The highest BCUT2D eigenvalue weighted by molar-refractivity contribution is 9.10. The molecule has 0 aliphatic carbocycles. The molecule has 0 unspecified atom stereocenters. The number of hydrogen-bond acceptors (Lipinski definition) is 2. The average Bonchev–Trinajstić information content (AvgIpc) is 2.85. The van der Waals surface area contributed by atoms with Crippen LogP contribution in [0.1, 0.15) is 0 Å². The topological polar surface area (TPSA) is 43.3 Å². The first-order valence-corrected chi connectivity index (χ1v) is 7.45. The maximum atomic E-state index is 6.31. The molecule has 4 rings (SSSR count). The predicted octanol–water partition coefficient (Wildman–Crippen LogP) is 4.50. The van der Waals surface area contributed by atoms with E-state index in [1.54, 1.807) is 0 Å². The minimum Gasteiger partial charge on any atom is -0.383 e. The second kappa shape index (κ2) is 4.60. The van der Waals surface area contributed by atoms with E-state index in [1.165, 1.54) is 5.39 Å². The number of rotatable bonds is 1. The Kier molecular flexibility index (Phi) is 2.72. The van der Waals surface area contributed by atoms with Crippen LogP contribution in [0, 0.1) is 0 Å². The van der Waals surface area contributed by atoms with Gasteiger partial charge in [0.2, 0.25) is 0 Å². The van der Waals surface area contributed by atoms with Crippen LogP contribution in [0.4, 0.5) is 5.82 Å². The summed E-state index contributed by atoms with van der Waals surface area (Å²) >= 11 is 3.53. The largest absolute Gasteiger partial charge is 0.383 e. The molecule has 2 heterocycles. The van der Waals surface area contributed by atoms with E-state index in [2.05, 4.69) is 40.2 Å². The molecule has 0 radical (unpaired) electrons. The highest BCUT2D eigenvalue weighted by Gasteiger charge is 2.14. The van der Waals surface area contributed by atoms with E-state index in [9.17, 15) is 0 Å². The lowest BCUT2D eigenvalue weighted by molar-refractivity contribution is 1.19. The van der Waals surface area contributed by atoms with Crippen LogP contribution >= 0.6 is 15.9 Å². The van der Waals surface area contributed by atoms with Crippen molar-refractivity contribution >= 4 is 38.2 Å². The lowest BCUT2D eigenvalue weighted by atomic mass is 10.0. The zero-order valence-corrected chi connectivity index (χ0v) is 12.7. The predicted molar refractivity (Wildman–Crippen MR) is 90.2 cm³/mol. The molecule has 4 heteroatoms. The molecule has 0 atom stereocenters. The van der Waals surface area contributed by atoms with E-state index >= 15 is 0 Å². The van der Waals surface area contributed by atoms with Gasteiger partial charge in [-0.3, -0.25) is 4.40 Å². The normalized spacial score (nSPS) is 11.3. The summed E-state index contributed by atoms with van der Waals surface area (Å²) in [4.78, 5) is 4.72. The Morgan fingerprint density at radius 1 is 0.952 bits per heavy atom. The Morgan fingerprint density at radius 2 is 1.76 bits per heavy atom. The van der Waals surface area contributed by atoms with E-state index in [0.29, 0.717) is 5.82 Å². The number of halogens is 1. The third kappa shape index (κ3) is 1.83. The maximum absolute atomic E-state index is 6.31. The van der Waals surface area contributed by atoms with Crippen molar-refractivity contribution < 1.29 is 0 Å². The van der Waals surface area contributed by atoms with Crippen molar-refractivity contribution in [3.8, 4) is 11.3 Å². The molecule has 0 fully saturated rings.